The highest BCUT2D eigenvalue weighted by atomic mass is 35.5. The zero-order valence-corrected chi connectivity index (χ0v) is 12.2. The van der Waals surface area contributed by atoms with E-state index in [4.69, 9.17) is 17.3 Å². The minimum Gasteiger partial charge on any atom is -0.329 e. The lowest BCUT2D eigenvalue weighted by Crippen LogP contribution is -2.39. The Morgan fingerprint density at radius 2 is 2.21 bits per heavy atom. The first-order valence-corrected chi connectivity index (χ1v) is 7.43. The molecule has 19 heavy (non-hydrogen) atoms. The van der Waals surface area contributed by atoms with Gasteiger partial charge in [-0.15, -0.1) is 0 Å². The van der Waals surface area contributed by atoms with Crippen molar-refractivity contribution >= 4 is 11.6 Å². The van der Waals surface area contributed by atoms with Crippen LogP contribution in [0.5, 0.6) is 0 Å². The lowest BCUT2D eigenvalue weighted by molar-refractivity contribution is 0.139. The second-order valence-corrected chi connectivity index (χ2v) is 5.69. The van der Waals surface area contributed by atoms with Crippen LogP contribution in [0.1, 0.15) is 37.8 Å². The number of nitrogens with two attached hydrogens (primary N) is 1. The van der Waals surface area contributed by atoms with Crippen LogP contribution in [0.15, 0.2) is 18.2 Å². The maximum Gasteiger partial charge on any atom is 0.146 e. The SMILES string of the molecule is CCN(CC1CCC1)C(CN)c1cccc(Cl)c1F. The van der Waals surface area contributed by atoms with Crippen molar-refractivity contribution < 1.29 is 4.39 Å². The number of hydrogen-bond donors (Lipinski definition) is 1. The van der Waals surface area contributed by atoms with Gasteiger partial charge in [-0.3, -0.25) is 4.90 Å². The standard InChI is InChI=1S/C15H22ClFN2/c1-2-19(10-11-5-3-6-11)14(9-18)12-7-4-8-13(16)15(12)17/h4,7-8,11,14H,2-3,5-6,9-10,18H2,1H3. The summed E-state index contributed by atoms with van der Waals surface area (Å²) < 4.78 is 14.2. The van der Waals surface area contributed by atoms with Crippen LogP contribution in [0, 0.1) is 11.7 Å². The lowest BCUT2D eigenvalue weighted by Gasteiger charge is -2.36. The first kappa shape index (κ1) is 14.8. The first-order chi connectivity index (χ1) is 9.17. The molecule has 1 saturated carbocycles. The fraction of sp³-hybridized carbons (Fsp3) is 0.600. The van der Waals surface area contributed by atoms with Crippen LogP contribution < -0.4 is 5.73 Å². The Morgan fingerprint density at radius 3 is 2.74 bits per heavy atom. The highest BCUT2D eigenvalue weighted by molar-refractivity contribution is 6.30. The summed E-state index contributed by atoms with van der Waals surface area (Å²) in [6.07, 6.45) is 3.89. The smallest absolute Gasteiger partial charge is 0.146 e. The van der Waals surface area contributed by atoms with Gasteiger partial charge < -0.3 is 5.73 Å². The molecule has 0 aromatic heterocycles. The van der Waals surface area contributed by atoms with Crippen molar-refractivity contribution in [3.8, 4) is 0 Å². The predicted molar refractivity (Wildman–Crippen MR) is 77.8 cm³/mol. The van der Waals surface area contributed by atoms with Gasteiger partial charge in [0.2, 0.25) is 0 Å². The third kappa shape index (κ3) is 3.28. The number of hydrogen-bond acceptors (Lipinski definition) is 2. The summed E-state index contributed by atoms with van der Waals surface area (Å²) in [5, 5.41) is 0.177. The molecule has 2 N–H and O–H groups in total. The number of likely N-dealkylation sites (N-methyl/N-ethyl adjacent to an activating group) is 1. The normalized spacial score (nSPS) is 17.5. The first-order valence-electron chi connectivity index (χ1n) is 7.05. The Morgan fingerprint density at radius 1 is 1.47 bits per heavy atom. The molecule has 0 spiro atoms. The molecule has 1 aliphatic rings. The molecule has 0 heterocycles. The second kappa shape index (κ2) is 6.69. The molecule has 0 saturated heterocycles. The van der Waals surface area contributed by atoms with Gasteiger partial charge in [-0.2, -0.15) is 0 Å². The molecule has 2 nitrogen and oxygen atoms in total. The summed E-state index contributed by atoms with van der Waals surface area (Å²) in [7, 11) is 0. The van der Waals surface area contributed by atoms with E-state index in [0.29, 0.717) is 12.1 Å². The van der Waals surface area contributed by atoms with E-state index in [9.17, 15) is 4.39 Å². The minimum atomic E-state index is -0.327. The maximum atomic E-state index is 14.2. The molecule has 1 aromatic rings. The van der Waals surface area contributed by atoms with Gasteiger partial charge >= 0.3 is 0 Å². The van der Waals surface area contributed by atoms with Crippen LogP contribution in [0.3, 0.4) is 0 Å². The molecule has 0 bridgehead atoms. The minimum absolute atomic E-state index is 0.0794. The summed E-state index contributed by atoms with van der Waals surface area (Å²) in [5.74, 6) is 0.419. The van der Waals surface area contributed by atoms with Crippen LogP contribution in [-0.2, 0) is 0 Å². The Balaban J connectivity index is 2.18. The highest BCUT2D eigenvalue weighted by Gasteiger charge is 2.26. The van der Waals surface area contributed by atoms with Gasteiger partial charge in [0.15, 0.2) is 0 Å². The van der Waals surface area contributed by atoms with E-state index >= 15 is 0 Å². The predicted octanol–water partition coefficient (Wildman–Crippen LogP) is 3.60. The van der Waals surface area contributed by atoms with Gasteiger partial charge in [-0.25, -0.2) is 4.39 Å². The van der Waals surface area contributed by atoms with E-state index in [1.165, 1.54) is 19.3 Å². The van der Waals surface area contributed by atoms with Crippen LogP contribution in [0.25, 0.3) is 0 Å². The molecule has 106 valence electrons. The van der Waals surface area contributed by atoms with Gasteiger partial charge in [0, 0.05) is 24.7 Å². The number of benzene rings is 1. The van der Waals surface area contributed by atoms with Gasteiger partial charge in [0.05, 0.1) is 5.02 Å². The quantitative estimate of drug-likeness (QED) is 0.865. The Kier molecular flexibility index (Phi) is 5.20. The van der Waals surface area contributed by atoms with Crippen molar-refractivity contribution in [2.75, 3.05) is 19.6 Å². The van der Waals surface area contributed by atoms with Crippen LogP contribution in [0.4, 0.5) is 4.39 Å². The molecule has 1 fully saturated rings. The highest BCUT2D eigenvalue weighted by Crippen LogP contribution is 2.32. The Labute approximate surface area is 119 Å². The average molecular weight is 285 g/mol. The third-order valence-corrected chi connectivity index (χ3v) is 4.42. The third-order valence-electron chi connectivity index (χ3n) is 4.13. The number of rotatable bonds is 6. The maximum absolute atomic E-state index is 14.2. The summed E-state index contributed by atoms with van der Waals surface area (Å²) >= 11 is 5.87. The van der Waals surface area contributed by atoms with E-state index in [1.54, 1.807) is 18.2 Å². The monoisotopic (exact) mass is 284 g/mol. The van der Waals surface area contributed by atoms with E-state index in [0.717, 1.165) is 19.0 Å². The van der Waals surface area contributed by atoms with Crippen molar-refractivity contribution in [3.05, 3.63) is 34.6 Å². The molecule has 0 aliphatic heterocycles. The largest absolute Gasteiger partial charge is 0.329 e. The molecule has 1 aliphatic carbocycles. The Bertz CT molecular complexity index is 421. The van der Waals surface area contributed by atoms with Crippen LogP contribution in [0.2, 0.25) is 5.02 Å². The van der Waals surface area contributed by atoms with Crippen LogP contribution >= 0.6 is 11.6 Å². The molecule has 1 aromatic carbocycles. The summed E-state index contributed by atoms with van der Waals surface area (Å²) in [6, 6.07) is 5.09. The van der Waals surface area contributed by atoms with Crippen molar-refractivity contribution in [1.29, 1.82) is 0 Å². The molecule has 2 rings (SSSR count). The Hall–Kier alpha value is -0.640. The van der Waals surface area contributed by atoms with Gasteiger partial charge in [0.1, 0.15) is 5.82 Å². The van der Waals surface area contributed by atoms with Crippen molar-refractivity contribution in [2.24, 2.45) is 11.7 Å². The zero-order chi connectivity index (χ0) is 13.8. The van der Waals surface area contributed by atoms with E-state index in [2.05, 4.69) is 11.8 Å². The van der Waals surface area contributed by atoms with Crippen molar-refractivity contribution in [2.45, 2.75) is 32.2 Å². The van der Waals surface area contributed by atoms with Crippen molar-refractivity contribution in [3.63, 3.8) is 0 Å². The van der Waals surface area contributed by atoms with Gasteiger partial charge in [0.25, 0.3) is 0 Å². The molecule has 0 radical (unpaired) electrons. The fourth-order valence-corrected chi connectivity index (χ4v) is 2.92. The molecular weight excluding hydrogens is 263 g/mol. The molecule has 0 amide bonds. The number of nitrogens with zero attached hydrogens (tertiary/aromatic N) is 1. The van der Waals surface area contributed by atoms with E-state index in [1.807, 2.05) is 0 Å². The zero-order valence-electron chi connectivity index (χ0n) is 11.4. The fourth-order valence-electron chi connectivity index (χ4n) is 2.73. The molecular formula is C15H22ClFN2. The van der Waals surface area contributed by atoms with E-state index in [-0.39, 0.29) is 16.9 Å². The van der Waals surface area contributed by atoms with Gasteiger partial charge in [-0.1, -0.05) is 37.1 Å². The second-order valence-electron chi connectivity index (χ2n) is 5.28. The van der Waals surface area contributed by atoms with Crippen molar-refractivity contribution in [1.82, 2.24) is 4.90 Å². The topological polar surface area (TPSA) is 29.3 Å². The molecule has 1 atom stereocenters. The van der Waals surface area contributed by atoms with E-state index < -0.39 is 0 Å². The lowest BCUT2D eigenvalue weighted by atomic mass is 9.84. The summed E-state index contributed by atoms with van der Waals surface area (Å²) in [5.41, 5.74) is 6.51. The van der Waals surface area contributed by atoms with Crippen LogP contribution in [-0.4, -0.2) is 24.5 Å². The van der Waals surface area contributed by atoms with Gasteiger partial charge in [-0.05, 0) is 31.4 Å². The average Bonchev–Trinajstić information content (AvgIpc) is 2.36. The summed E-state index contributed by atoms with van der Waals surface area (Å²) in [4.78, 5) is 2.28. The molecule has 1 unspecified atom stereocenters. The number of halogens is 2. The summed E-state index contributed by atoms with van der Waals surface area (Å²) in [6.45, 7) is 4.40. The molecule has 4 heteroatoms.